The molecule has 0 aliphatic carbocycles. The van der Waals surface area contributed by atoms with Gasteiger partial charge < -0.3 is 24.8 Å². The average Bonchev–Trinajstić information content (AvgIpc) is 3.15. The van der Waals surface area contributed by atoms with Crippen LogP contribution in [0.4, 0.5) is 11.5 Å². The summed E-state index contributed by atoms with van der Waals surface area (Å²) in [7, 11) is 3.35. The first kappa shape index (κ1) is 24.3. The molecule has 0 saturated heterocycles. The molecule has 4 rings (SSSR count). The van der Waals surface area contributed by atoms with Crippen LogP contribution in [0.2, 0.25) is 0 Å². The van der Waals surface area contributed by atoms with Gasteiger partial charge in [0.2, 0.25) is 11.8 Å². The zero-order valence-corrected chi connectivity index (χ0v) is 20.7. The fraction of sp³-hybridized carbons (Fsp3) is 0.292. The van der Waals surface area contributed by atoms with Crippen LogP contribution in [-0.4, -0.2) is 64.9 Å². The number of nitrogens with one attached hydrogen (secondary N) is 1. The Hall–Kier alpha value is -3.83. The Labute approximate surface area is 206 Å². The maximum absolute atomic E-state index is 12.8. The minimum Gasteiger partial charge on any atom is -0.491 e. The molecule has 1 amide bonds. The van der Waals surface area contributed by atoms with Gasteiger partial charge >= 0.3 is 0 Å². The maximum atomic E-state index is 12.8. The number of carbonyl (C=O) groups is 1. The van der Waals surface area contributed by atoms with Crippen molar-refractivity contribution in [1.82, 2.24) is 19.9 Å². The van der Waals surface area contributed by atoms with E-state index in [1.54, 1.807) is 52.9 Å². The first-order valence-electron chi connectivity index (χ1n) is 10.9. The summed E-state index contributed by atoms with van der Waals surface area (Å²) in [5.74, 6) is 1.88. The molecule has 0 radical (unpaired) electrons. The van der Waals surface area contributed by atoms with Crippen LogP contribution in [0.5, 0.6) is 11.6 Å². The number of aryl methyl sites for hydroxylation is 2. The predicted molar refractivity (Wildman–Crippen MR) is 135 cm³/mol. The van der Waals surface area contributed by atoms with Gasteiger partial charge in [0.25, 0.3) is 0 Å². The van der Waals surface area contributed by atoms with Crippen LogP contribution in [0.1, 0.15) is 10.4 Å². The number of amides is 1. The molecule has 0 aromatic carbocycles. The smallest absolute Gasteiger partial charge is 0.243 e. The lowest BCUT2D eigenvalue weighted by molar-refractivity contribution is -0.114. The molecule has 0 bridgehead atoms. The van der Waals surface area contributed by atoms with Crippen LogP contribution >= 0.6 is 11.3 Å². The Balaban J connectivity index is 1.64. The largest absolute Gasteiger partial charge is 0.491 e. The molecule has 2 N–H and O–H groups in total. The second-order valence-corrected chi connectivity index (χ2v) is 8.98. The molecule has 0 spiro atoms. The van der Waals surface area contributed by atoms with Gasteiger partial charge in [-0.05, 0) is 31.5 Å². The number of pyridine rings is 2. The van der Waals surface area contributed by atoms with Gasteiger partial charge in [0.1, 0.15) is 28.7 Å². The van der Waals surface area contributed by atoms with E-state index in [1.165, 1.54) is 7.11 Å². The van der Waals surface area contributed by atoms with Gasteiger partial charge in [-0.25, -0.2) is 15.0 Å². The summed E-state index contributed by atoms with van der Waals surface area (Å²) in [6.45, 7) is 4.23. The Bertz CT molecular complexity index is 1340. The Morgan fingerprint density at radius 3 is 2.74 bits per heavy atom. The van der Waals surface area contributed by atoms with Crippen LogP contribution in [0.3, 0.4) is 0 Å². The standard InChI is InChI=1S/C24H26N6O4S/c1-14-15(2)35-24-21(14)23(28-22(29-24)18-11-17(7-8-25-18)34-10-9-31)30(3)13-19(32)27-16-5-6-20(33-4)26-12-16/h5-8,11-12,31H,9-10,13H2,1-4H3,(H,27,32). The number of aliphatic hydroxyl groups excluding tert-OH is 1. The molecular formula is C24H26N6O4S. The Morgan fingerprint density at radius 1 is 1.20 bits per heavy atom. The lowest BCUT2D eigenvalue weighted by Gasteiger charge is -2.20. The third kappa shape index (κ3) is 5.47. The Kier molecular flexibility index (Phi) is 7.37. The first-order valence-corrected chi connectivity index (χ1v) is 11.7. The number of likely N-dealkylation sites (N-methyl/N-ethyl adjacent to an activating group) is 1. The van der Waals surface area contributed by atoms with Crippen molar-refractivity contribution in [2.24, 2.45) is 0 Å². The minimum absolute atomic E-state index is 0.0684. The molecule has 11 heteroatoms. The van der Waals surface area contributed by atoms with E-state index in [1.807, 2.05) is 20.9 Å². The van der Waals surface area contributed by atoms with Crippen LogP contribution in [-0.2, 0) is 4.79 Å². The van der Waals surface area contributed by atoms with Gasteiger partial charge in [-0.3, -0.25) is 9.78 Å². The molecule has 4 heterocycles. The van der Waals surface area contributed by atoms with E-state index < -0.39 is 0 Å². The van der Waals surface area contributed by atoms with E-state index in [0.29, 0.717) is 34.7 Å². The molecule has 4 aromatic heterocycles. The maximum Gasteiger partial charge on any atom is 0.243 e. The highest BCUT2D eigenvalue weighted by molar-refractivity contribution is 7.18. The highest BCUT2D eigenvalue weighted by Crippen LogP contribution is 2.36. The molecule has 0 aliphatic rings. The summed E-state index contributed by atoms with van der Waals surface area (Å²) < 4.78 is 10.6. The Morgan fingerprint density at radius 2 is 2.03 bits per heavy atom. The number of hydrogen-bond donors (Lipinski definition) is 2. The number of ether oxygens (including phenoxy) is 2. The SMILES string of the molecule is COc1ccc(NC(=O)CN(C)c2nc(-c3cc(OCCO)ccn3)nc3sc(C)c(C)c23)cn1. The first-order chi connectivity index (χ1) is 16.9. The quantitative estimate of drug-likeness (QED) is 0.361. The molecule has 0 atom stereocenters. The minimum atomic E-state index is -0.213. The third-order valence-electron chi connectivity index (χ3n) is 5.30. The van der Waals surface area contributed by atoms with Gasteiger partial charge in [0, 0.05) is 30.3 Å². The van der Waals surface area contributed by atoms with E-state index in [4.69, 9.17) is 24.5 Å². The molecule has 0 unspecified atom stereocenters. The number of fused-ring (bicyclic) bond motifs is 1. The second kappa shape index (κ2) is 10.6. The molecule has 4 aromatic rings. The molecule has 0 fully saturated rings. The zero-order chi connectivity index (χ0) is 24.9. The van der Waals surface area contributed by atoms with Crippen molar-refractivity contribution in [3.63, 3.8) is 0 Å². The normalized spacial score (nSPS) is 10.9. The number of hydrogen-bond acceptors (Lipinski definition) is 10. The lowest BCUT2D eigenvalue weighted by atomic mass is 10.2. The summed E-state index contributed by atoms with van der Waals surface area (Å²) >= 11 is 1.57. The van der Waals surface area contributed by atoms with E-state index in [9.17, 15) is 4.79 Å². The molecule has 0 saturated carbocycles. The van der Waals surface area contributed by atoms with Gasteiger partial charge in [-0.2, -0.15) is 0 Å². The number of rotatable bonds is 9. The summed E-state index contributed by atoms with van der Waals surface area (Å²) in [6, 6.07) is 6.86. The molecule has 35 heavy (non-hydrogen) atoms. The number of carbonyl (C=O) groups excluding carboxylic acids is 1. The average molecular weight is 495 g/mol. The number of thiophene rings is 1. The highest BCUT2D eigenvalue weighted by Gasteiger charge is 2.20. The van der Waals surface area contributed by atoms with Crippen LogP contribution in [0.15, 0.2) is 36.7 Å². The summed E-state index contributed by atoms with van der Waals surface area (Å²) in [5.41, 5.74) is 2.18. The van der Waals surface area contributed by atoms with Gasteiger partial charge in [-0.1, -0.05) is 0 Å². The number of aliphatic hydroxyl groups is 1. The topological polar surface area (TPSA) is 123 Å². The van der Waals surface area contributed by atoms with E-state index in [2.05, 4.69) is 15.3 Å². The van der Waals surface area contributed by atoms with Gasteiger partial charge in [0.05, 0.1) is 37.5 Å². The van der Waals surface area contributed by atoms with Crippen molar-refractivity contribution in [3.05, 3.63) is 47.1 Å². The van der Waals surface area contributed by atoms with Crippen molar-refractivity contribution < 1.29 is 19.4 Å². The molecular weight excluding hydrogens is 468 g/mol. The van der Waals surface area contributed by atoms with Gasteiger partial charge in [-0.15, -0.1) is 11.3 Å². The van der Waals surface area contributed by atoms with Crippen molar-refractivity contribution in [3.8, 4) is 23.1 Å². The van der Waals surface area contributed by atoms with Crippen LogP contribution in [0.25, 0.3) is 21.7 Å². The summed E-state index contributed by atoms with van der Waals surface area (Å²) in [5, 5.41) is 12.8. The van der Waals surface area contributed by atoms with E-state index in [-0.39, 0.29) is 25.7 Å². The molecule has 10 nitrogen and oxygen atoms in total. The van der Waals surface area contributed by atoms with Crippen molar-refractivity contribution in [2.75, 3.05) is 44.1 Å². The van der Waals surface area contributed by atoms with Crippen LogP contribution in [0, 0.1) is 13.8 Å². The zero-order valence-electron chi connectivity index (χ0n) is 19.9. The number of aromatic nitrogens is 4. The number of methoxy groups -OCH3 is 1. The summed E-state index contributed by atoms with van der Waals surface area (Å²) in [6.07, 6.45) is 3.15. The van der Waals surface area contributed by atoms with Crippen LogP contribution < -0.4 is 19.7 Å². The fourth-order valence-electron chi connectivity index (χ4n) is 3.47. The predicted octanol–water partition coefficient (Wildman–Crippen LogP) is 3.22. The van der Waals surface area contributed by atoms with Crippen molar-refractivity contribution in [2.45, 2.75) is 13.8 Å². The fourth-order valence-corrected chi connectivity index (χ4v) is 4.50. The molecule has 0 aliphatic heterocycles. The van der Waals surface area contributed by atoms with E-state index >= 15 is 0 Å². The van der Waals surface area contributed by atoms with Crippen molar-refractivity contribution in [1.29, 1.82) is 0 Å². The highest BCUT2D eigenvalue weighted by atomic mass is 32.1. The molecule has 182 valence electrons. The summed E-state index contributed by atoms with van der Waals surface area (Å²) in [4.78, 5) is 34.6. The third-order valence-corrected chi connectivity index (χ3v) is 6.40. The van der Waals surface area contributed by atoms with E-state index in [0.717, 1.165) is 20.7 Å². The monoisotopic (exact) mass is 494 g/mol. The lowest BCUT2D eigenvalue weighted by Crippen LogP contribution is -2.31. The number of anilines is 2. The number of nitrogens with zero attached hydrogens (tertiary/aromatic N) is 5. The van der Waals surface area contributed by atoms with Crippen molar-refractivity contribution >= 4 is 39.0 Å². The van der Waals surface area contributed by atoms with Gasteiger partial charge in [0.15, 0.2) is 5.82 Å². The second-order valence-electron chi connectivity index (χ2n) is 7.78.